The van der Waals surface area contributed by atoms with Crippen molar-refractivity contribution in [3.63, 3.8) is 0 Å². The first-order valence-corrected chi connectivity index (χ1v) is 10.6. The third-order valence-corrected chi connectivity index (χ3v) is 6.07. The van der Waals surface area contributed by atoms with Gasteiger partial charge >= 0.3 is 0 Å². The van der Waals surface area contributed by atoms with Gasteiger partial charge < -0.3 is 5.32 Å². The maximum atomic E-state index is 12.3. The van der Waals surface area contributed by atoms with Gasteiger partial charge in [-0.3, -0.25) is 4.79 Å². The predicted molar refractivity (Wildman–Crippen MR) is 111 cm³/mol. The molecule has 0 spiro atoms. The molecule has 1 aliphatic rings. The Kier molecular flexibility index (Phi) is 4.98. The van der Waals surface area contributed by atoms with Gasteiger partial charge in [0, 0.05) is 17.8 Å². The van der Waals surface area contributed by atoms with E-state index in [4.69, 9.17) is 0 Å². The molecule has 6 heteroatoms. The number of rotatable bonds is 6. The second-order valence-corrected chi connectivity index (χ2v) is 8.53. The lowest BCUT2D eigenvalue weighted by molar-refractivity contribution is -0.111. The number of nitrogens with one attached hydrogen (secondary N) is 2. The van der Waals surface area contributed by atoms with E-state index in [9.17, 15) is 13.2 Å². The van der Waals surface area contributed by atoms with Crippen molar-refractivity contribution in [2.24, 2.45) is 0 Å². The van der Waals surface area contributed by atoms with Gasteiger partial charge in [-0.25, -0.2) is 13.1 Å². The third kappa shape index (κ3) is 4.30. The summed E-state index contributed by atoms with van der Waals surface area (Å²) in [5.41, 5.74) is 1.38. The van der Waals surface area contributed by atoms with Crippen LogP contribution >= 0.6 is 0 Å². The Morgan fingerprint density at radius 1 is 0.964 bits per heavy atom. The number of carbonyl (C=O) groups excluding carboxylic acids is 1. The van der Waals surface area contributed by atoms with Crippen LogP contribution in [0.25, 0.3) is 16.8 Å². The van der Waals surface area contributed by atoms with E-state index in [1.807, 2.05) is 42.5 Å². The fraction of sp³-hybridized carbons (Fsp3) is 0.136. The molecule has 1 amide bonds. The number of hydrogen-bond donors (Lipinski definition) is 2. The monoisotopic (exact) mass is 392 g/mol. The van der Waals surface area contributed by atoms with Gasteiger partial charge in [-0.15, -0.1) is 0 Å². The average molecular weight is 392 g/mol. The van der Waals surface area contributed by atoms with Gasteiger partial charge in [0.1, 0.15) is 0 Å². The lowest BCUT2D eigenvalue weighted by atomic mass is 10.0. The number of sulfonamides is 1. The Labute approximate surface area is 164 Å². The van der Waals surface area contributed by atoms with Crippen LogP contribution in [0.4, 0.5) is 5.69 Å². The molecule has 2 N–H and O–H groups in total. The van der Waals surface area contributed by atoms with Crippen molar-refractivity contribution in [1.29, 1.82) is 0 Å². The molecule has 0 bridgehead atoms. The highest BCUT2D eigenvalue weighted by Gasteiger charge is 2.28. The lowest BCUT2D eigenvalue weighted by Gasteiger charge is -2.08. The zero-order valence-electron chi connectivity index (χ0n) is 15.1. The molecule has 3 aromatic carbocycles. The summed E-state index contributed by atoms with van der Waals surface area (Å²) in [6, 6.07) is 20.2. The molecule has 0 aromatic heterocycles. The number of hydrogen-bond acceptors (Lipinski definition) is 3. The van der Waals surface area contributed by atoms with Crippen molar-refractivity contribution in [2.75, 3.05) is 5.32 Å². The number of anilines is 1. The van der Waals surface area contributed by atoms with E-state index < -0.39 is 10.0 Å². The third-order valence-electron chi connectivity index (χ3n) is 4.55. The van der Waals surface area contributed by atoms with Crippen molar-refractivity contribution in [2.45, 2.75) is 23.8 Å². The number of amides is 1. The van der Waals surface area contributed by atoms with Gasteiger partial charge in [0.25, 0.3) is 0 Å². The predicted octanol–water partition coefficient (Wildman–Crippen LogP) is 3.93. The second kappa shape index (κ2) is 7.58. The second-order valence-electron chi connectivity index (χ2n) is 6.81. The van der Waals surface area contributed by atoms with E-state index in [1.165, 1.54) is 18.2 Å². The summed E-state index contributed by atoms with van der Waals surface area (Å²) in [5.74, 6) is -0.322. The Bertz CT molecular complexity index is 1160. The van der Waals surface area contributed by atoms with Gasteiger partial charge in [-0.2, -0.15) is 0 Å². The zero-order chi connectivity index (χ0) is 19.6. The van der Waals surface area contributed by atoms with Crippen LogP contribution in [-0.2, 0) is 14.8 Å². The quantitative estimate of drug-likeness (QED) is 0.624. The molecular formula is C22H20N2O3S. The Morgan fingerprint density at radius 2 is 1.71 bits per heavy atom. The number of benzene rings is 3. The minimum Gasteiger partial charge on any atom is -0.322 e. The van der Waals surface area contributed by atoms with Gasteiger partial charge in [0.2, 0.25) is 15.9 Å². The van der Waals surface area contributed by atoms with Crippen molar-refractivity contribution in [3.8, 4) is 0 Å². The minimum atomic E-state index is -3.55. The summed E-state index contributed by atoms with van der Waals surface area (Å²) in [7, 11) is -3.55. The molecule has 3 aromatic rings. The van der Waals surface area contributed by atoms with E-state index in [-0.39, 0.29) is 16.8 Å². The SMILES string of the molecule is O=C(/C=C/c1cccc2ccccc12)Nc1cccc(S(=O)(=O)NC2CC2)c1. The molecule has 0 saturated heterocycles. The van der Waals surface area contributed by atoms with Gasteiger partial charge in [-0.1, -0.05) is 48.5 Å². The van der Waals surface area contributed by atoms with Gasteiger partial charge in [0.15, 0.2) is 0 Å². The smallest absolute Gasteiger partial charge is 0.248 e. The first kappa shape index (κ1) is 18.4. The van der Waals surface area contributed by atoms with E-state index in [0.717, 1.165) is 29.2 Å². The van der Waals surface area contributed by atoms with Crippen LogP contribution in [0.5, 0.6) is 0 Å². The molecule has 1 fully saturated rings. The van der Waals surface area contributed by atoms with Crippen LogP contribution in [0.3, 0.4) is 0 Å². The van der Waals surface area contributed by atoms with Crippen LogP contribution in [0, 0.1) is 0 Å². The highest BCUT2D eigenvalue weighted by molar-refractivity contribution is 7.89. The maximum Gasteiger partial charge on any atom is 0.248 e. The molecule has 0 radical (unpaired) electrons. The van der Waals surface area contributed by atoms with Crippen molar-refractivity contribution in [3.05, 3.63) is 78.4 Å². The highest BCUT2D eigenvalue weighted by atomic mass is 32.2. The van der Waals surface area contributed by atoms with Gasteiger partial charge in [0.05, 0.1) is 4.90 Å². The summed E-state index contributed by atoms with van der Waals surface area (Å²) >= 11 is 0. The standard InChI is InChI=1S/C22H20N2O3S/c25-22(14-11-17-7-3-6-16-5-1-2-10-21(16)17)23-19-8-4-9-20(15-19)28(26,27)24-18-12-13-18/h1-11,14-15,18,24H,12-13H2,(H,23,25)/b14-11+. The van der Waals surface area contributed by atoms with Crippen LogP contribution in [0.2, 0.25) is 0 Å². The van der Waals surface area contributed by atoms with Crippen molar-refractivity contribution >= 4 is 38.5 Å². The molecule has 1 saturated carbocycles. The lowest BCUT2D eigenvalue weighted by Crippen LogP contribution is -2.25. The van der Waals surface area contributed by atoms with E-state index in [2.05, 4.69) is 10.0 Å². The summed E-state index contributed by atoms with van der Waals surface area (Å²) < 4.78 is 27.3. The van der Waals surface area contributed by atoms with E-state index in [0.29, 0.717) is 5.69 Å². The normalized spacial score (nSPS) is 14.4. The topological polar surface area (TPSA) is 75.3 Å². The molecule has 0 unspecified atom stereocenters. The first-order valence-electron chi connectivity index (χ1n) is 9.10. The summed E-state index contributed by atoms with van der Waals surface area (Å²) in [4.78, 5) is 12.5. The number of fused-ring (bicyclic) bond motifs is 1. The van der Waals surface area contributed by atoms with Crippen LogP contribution < -0.4 is 10.0 Å². The van der Waals surface area contributed by atoms with E-state index in [1.54, 1.807) is 18.2 Å². The molecule has 0 aliphatic heterocycles. The van der Waals surface area contributed by atoms with Gasteiger partial charge in [-0.05, 0) is 53.5 Å². The fourth-order valence-electron chi connectivity index (χ4n) is 2.97. The molecule has 5 nitrogen and oxygen atoms in total. The van der Waals surface area contributed by atoms with Crippen molar-refractivity contribution < 1.29 is 13.2 Å². The van der Waals surface area contributed by atoms with E-state index >= 15 is 0 Å². The minimum absolute atomic E-state index is 0.0341. The highest BCUT2D eigenvalue weighted by Crippen LogP contribution is 2.23. The van der Waals surface area contributed by atoms with Crippen molar-refractivity contribution in [1.82, 2.24) is 4.72 Å². The Morgan fingerprint density at radius 3 is 2.54 bits per heavy atom. The van der Waals surface area contributed by atoms with Crippen LogP contribution in [0.15, 0.2) is 77.7 Å². The molecule has 0 atom stereocenters. The molecule has 4 rings (SSSR count). The Hall–Kier alpha value is -2.96. The molecule has 142 valence electrons. The summed E-state index contributed by atoms with van der Waals surface area (Å²) in [6.07, 6.45) is 4.95. The van der Waals surface area contributed by atoms with Crippen LogP contribution in [0.1, 0.15) is 18.4 Å². The van der Waals surface area contributed by atoms with Crippen LogP contribution in [-0.4, -0.2) is 20.4 Å². The zero-order valence-corrected chi connectivity index (χ0v) is 15.9. The molecule has 28 heavy (non-hydrogen) atoms. The largest absolute Gasteiger partial charge is 0.322 e. The first-order chi connectivity index (χ1) is 13.5. The maximum absolute atomic E-state index is 12.3. The average Bonchev–Trinajstić information content (AvgIpc) is 3.50. The fourth-order valence-corrected chi connectivity index (χ4v) is 4.33. The Balaban J connectivity index is 1.49. The summed E-state index contributed by atoms with van der Waals surface area (Å²) in [5, 5.41) is 4.89. The molecule has 1 aliphatic carbocycles. The molecule has 0 heterocycles. The number of carbonyl (C=O) groups is 1. The molecular weight excluding hydrogens is 372 g/mol. The summed E-state index contributed by atoms with van der Waals surface area (Å²) in [6.45, 7) is 0.